The summed E-state index contributed by atoms with van der Waals surface area (Å²) in [5, 5.41) is 7.24. The fraction of sp³-hybridized carbons (Fsp3) is 0.455. The van der Waals surface area contributed by atoms with Crippen LogP contribution < -0.4 is 20.3 Å². The maximum Gasteiger partial charge on any atom is 0.245 e. The van der Waals surface area contributed by atoms with E-state index in [4.69, 9.17) is 27.9 Å². The third kappa shape index (κ3) is 5.25. The van der Waals surface area contributed by atoms with Gasteiger partial charge < -0.3 is 25.2 Å². The van der Waals surface area contributed by atoms with Crippen LogP contribution in [0.2, 0.25) is 10.0 Å². The normalized spacial score (nSPS) is 19.3. The lowest BCUT2D eigenvalue weighted by Gasteiger charge is -2.36. The molecule has 1 unspecified atom stereocenters. The highest BCUT2D eigenvalue weighted by atomic mass is 35.5. The summed E-state index contributed by atoms with van der Waals surface area (Å²) in [6, 6.07) is 4.82. The molecule has 2 saturated heterocycles. The molecule has 0 saturated carbocycles. The first kappa shape index (κ1) is 23.4. The fourth-order valence-electron chi connectivity index (χ4n) is 4.05. The molecule has 2 aliphatic heterocycles. The van der Waals surface area contributed by atoms with Crippen LogP contribution in [0.15, 0.2) is 24.4 Å². The topological polar surface area (TPSA) is 99.7 Å². The molecule has 176 valence electrons. The third-order valence-corrected chi connectivity index (χ3v) is 6.47. The number of rotatable bonds is 6. The highest BCUT2D eigenvalue weighted by Gasteiger charge is 2.32. The Kier molecular flexibility index (Phi) is 7.09. The number of benzene rings is 1. The molecule has 9 nitrogen and oxygen atoms in total. The van der Waals surface area contributed by atoms with Gasteiger partial charge in [-0.1, -0.05) is 29.3 Å². The van der Waals surface area contributed by atoms with Gasteiger partial charge in [0.15, 0.2) is 11.6 Å². The van der Waals surface area contributed by atoms with E-state index in [1.54, 1.807) is 30.3 Å². The fourth-order valence-corrected chi connectivity index (χ4v) is 4.62. The Morgan fingerprint density at radius 3 is 2.67 bits per heavy atom. The van der Waals surface area contributed by atoms with E-state index in [1.165, 1.54) is 0 Å². The van der Waals surface area contributed by atoms with E-state index in [0.29, 0.717) is 66.6 Å². The number of carbonyl (C=O) groups excluding carboxylic acids is 2. The Morgan fingerprint density at radius 1 is 1.27 bits per heavy atom. The van der Waals surface area contributed by atoms with Crippen molar-refractivity contribution in [1.82, 2.24) is 20.2 Å². The van der Waals surface area contributed by atoms with Crippen LogP contribution >= 0.6 is 23.2 Å². The quantitative estimate of drug-likeness (QED) is 0.639. The zero-order valence-corrected chi connectivity index (χ0v) is 20.0. The number of methoxy groups -OCH3 is 1. The van der Waals surface area contributed by atoms with Crippen molar-refractivity contribution in [1.29, 1.82) is 0 Å². The minimum Gasteiger partial charge on any atom is -0.491 e. The average molecular weight is 493 g/mol. The van der Waals surface area contributed by atoms with E-state index in [1.807, 2.05) is 17.9 Å². The second-order valence-electron chi connectivity index (χ2n) is 8.09. The molecule has 2 atom stereocenters. The molecule has 11 heteroatoms. The Bertz CT molecular complexity index is 1040. The molecular weight excluding hydrogens is 467 g/mol. The number of hydrogen-bond acceptors (Lipinski definition) is 7. The smallest absolute Gasteiger partial charge is 0.245 e. The zero-order valence-electron chi connectivity index (χ0n) is 18.5. The summed E-state index contributed by atoms with van der Waals surface area (Å²) >= 11 is 12.4. The highest BCUT2D eigenvalue weighted by molar-refractivity contribution is 6.35. The lowest BCUT2D eigenvalue weighted by atomic mass is 10.1. The van der Waals surface area contributed by atoms with E-state index in [9.17, 15) is 9.59 Å². The van der Waals surface area contributed by atoms with Gasteiger partial charge in [0.1, 0.15) is 6.04 Å². The number of ether oxygens (including phenoxy) is 1. The van der Waals surface area contributed by atoms with Gasteiger partial charge in [-0.25, -0.2) is 4.98 Å². The van der Waals surface area contributed by atoms with Crippen LogP contribution in [-0.4, -0.2) is 66.0 Å². The minimum atomic E-state index is -0.404. The summed E-state index contributed by atoms with van der Waals surface area (Å²) in [5.41, 5.74) is 0.884. The molecule has 1 aromatic heterocycles. The number of piperazine rings is 1. The monoisotopic (exact) mass is 492 g/mol. The number of halogens is 2. The van der Waals surface area contributed by atoms with Gasteiger partial charge in [-0.05, 0) is 31.0 Å². The van der Waals surface area contributed by atoms with Gasteiger partial charge in [-0.3, -0.25) is 9.59 Å². The molecule has 0 spiro atoms. The lowest BCUT2D eigenvalue weighted by molar-refractivity contribution is -0.134. The molecule has 0 aliphatic carbocycles. The molecule has 0 radical (unpaired) electrons. The number of hydrogen-bond donors (Lipinski definition) is 2. The minimum absolute atomic E-state index is 0.0211. The molecule has 0 bridgehead atoms. The molecule has 4 rings (SSSR count). The van der Waals surface area contributed by atoms with Crippen molar-refractivity contribution in [3.05, 3.63) is 40.0 Å². The van der Waals surface area contributed by atoms with Gasteiger partial charge in [-0.2, -0.15) is 4.98 Å². The predicted octanol–water partition coefficient (Wildman–Crippen LogP) is 2.89. The van der Waals surface area contributed by atoms with Crippen LogP contribution in [0.3, 0.4) is 0 Å². The number of nitrogens with one attached hydrogen (secondary N) is 2. The molecule has 2 amide bonds. The number of anilines is 2. The summed E-state index contributed by atoms with van der Waals surface area (Å²) in [6.45, 7) is 4.25. The van der Waals surface area contributed by atoms with Crippen molar-refractivity contribution in [3.63, 3.8) is 0 Å². The molecule has 33 heavy (non-hydrogen) atoms. The second-order valence-corrected chi connectivity index (χ2v) is 8.93. The Hall–Kier alpha value is -2.78. The lowest BCUT2D eigenvalue weighted by Crippen LogP contribution is -2.53. The molecule has 2 N–H and O–H groups in total. The van der Waals surface area contributed by atoms with E-state index >= 15 is 0 Å². The highest BCUT2D eigenvalue weighted by Crippen LogP contribution is 2.31. The Labute approximate surface area is 202 Å². The SMILES string of the molecule is COc1cnc(N2CCN(C(=O)C3CCC(=O)N3)CC2)nc1N[C@H](C)c1ccc(Cl)cc1Cl. The zero-order chi connectivity index (χ0) is 23.5. The van der Waals surface area contributed by atoms with Crippen LogP contribution in [0.4, 0.5) is 11.8 Å². The number of aromatic nitrogens is 2. The summed E-state index contributed by atoms with van der Waals surface area (Å²) in [6.07, 6.45) is 2.60. The summed E-state index contributed by atoms with van der Waals surface area (Å²) < 4.78 is 5.44. The maximum atomic E-state index is 12.6. The maximum absolute atomic E-state index is 12.6. The molecule has 1 aromatic carbocycles. The van der Waals surface area contributed by atoms with Crippen molar-refractivity contribution in [2.24, 2.45) is 0 Å². The first-order valence-corrected chi connectivity index (χ1v) is 11.6. The van der Waals surface area contributed by atoms with Gasteiger partial charge in [-0.15, -0.1) is 0 Å². The van der Waals surface area contributed by atoms with Crippen molar-refractivity contribution in [2.45, 2.75) is 31.8 Å². The van der Waals surface area contributed by atoms with Gasteiger partial charge in [0.25, 0.3) is 0 Å². The number of carbonyl (C=O) groups is 2. The van der Waals surface area contributed by atoms with Gasteiger partial charge in [0.2, 0.25) is 17.8 Å². The predicted molar refractivity (Wildman–Crippen MR) is 127 cm³/mol. The molecule has 2 fully saturated rings. The van der Waals surface area contributed by atoms with Crippen LogP contribution in [0, 0.1) is 0 Å². The van der Waals surface area contributed by atoms with Crippen LogP contribution in [-0.2, 0) is 9.59 Å². The summed E-state index contributed by atoms with van der Waals surface area (Å²) in [5.74, 6) is 1.53. The second kappa shape index (κ2) is 10.0. The average Bonchev–Trinajstić information content (AvgIpc) is 3.25. The summed E-state index contributed by atoms with van der Waals surface area (Å²) in [7, 11) is 1.57. The number of amides is 2. The van der Waals surface area contributed by atoms with Crippen LogP contribution in [0.25, 0.3) is 0 Å². The van der Waals surface area contributed by atoms with E-state index < -0.39 is 6.04 Å². The number of nitrogens with zero attached hydrogens (tertiary/aromatic N) is 4. The first-order valence-electron chi connectivity index (χ1n) is 10.8. The Balaban J connectivity index is 1.43. The van der Waals surface area contributed by atoms with Crippen molar-refractivity contribution >= 4 is 46.8 Å². The van der Waals surface area contributed by atoms with Crippen molar-refractivity contribution in [2.75, 3.05) is 43.5 Å². The first-order chi connectivity index (χ1) is 15.9. The van der Waals surface area contributed by atoms with Gasteiger partial charge in [0, 0.05) is 42.6 Å². The molecule has 3 heterocycles. The Morgan fingerprint density at radius 2 is 2.03 bits per heavy atom. The third-order valence-electron chi connectivity index (χ3n) is 5.91. The van der Waals surface area contributed by atoms with Gasteiger partial charge >= 0.3 is 0 Å². The van der Waals surface area contributed by atoms with Crippen molar-refractivity contribution in [3.8, 4) is 5.75 Å². The molecular formula is C22H26Cl2N6O3. The largest absolute Gasteiger partial charge is 0.491 e. The molecule has 2 aromatic rings. The van der Waals surface area contributed by atoms with Crippen LogP contribution in [0.5, 0.6) is 5.75 Å². The summed E-state index contributed by atoms with van der Waals surface area (Å²) in [4.78, 5) is 37.0. The van der Waals surface area contributed by atoms with Crippen LogP contribution in [0.1, 0.15) is 31.4 Å². The van der Waals surface area contributed by atoms with E-state index in [-0.39, 0.29) is 17.9 Å². The standard InChI is InChI=1S/C22H26Cl2N6O3/c1-13(15-4-3-14(23)11-16(15)24)26-20-18(33-2)12-25-22(28-20)30-9-7-29(8-10-30)21(32)17-5-6-19(31)27-17/h3-4,11-13,17H,5-10H2,1-2H3,(H,27,31)(H,25,26,28)/t13-,17?/m1/s1. The van der Waals surface area contributed by atoms with E-state index in [2.05, 4.69) is 20.6 Å². The molecule has 2 aliphatic rings. The van der Waals surface area contributed by atoms with Gasteiger partial charge in [0.05, 0.1) is 19.3 Å². The van der Waals surface area contributed by atoms with Crippen molar-refractivity contribution < 1.29 is 14.3 Å². The van der Waals surface area contributed by atoms with E-state index in [0.717, 1.165) is 5.56 Å².